The third-order valence-electron chi connectivity index (χ3n) is 2.54. The number of hydrogen-bond acceptors (Lipinski definition) is 3. The molecule has 0 aromatic heterocycles. The maximum absolute atomic E-state index is 11.6. The molecule has 21 heavy (non-hydrogen) atoms. The predicted molar refractivity (Wildman–Crippen MR) is 87.0 cm³/mol. The summed E-state index contributed by atoms with van der Waals surface area (Å²) >= 11 is 12.0. The fourth-order valence-corrected chi connectivity index (χ4v) is 2.04. The third-order valence-corrected chi connectivity index (χ3v) is 3.14. The van der Waals surface area contributed by atoms with Crippen LogP contribution in [-0.2, 0) is 11.3 Å². The highest BCUT2D eigenvalue weighted by Crippen LogP contribution is 2.20. The number of rotatable bonds is 5. The largest absolute Gasteiger partial charge is 0.444 e. The number of alkyl carbamates (subject to hydrolysis) is 1. The summed E-state index contributed by atoms with van der Waals surface area (Å²) in [5.74, 6) is 0. The molecule has 4 nitrogen and oxygen atoms in total. The number of amides is 1. The maximum Gasteiger partial charge on any atom is 0.407 e. The molecule has 2 N–H and O–H groups in total. The highest BCUT2D eigenvalue weighted by molar-refractivity contribution is 6.33. The quantitative estimate of drug-likeness (QED) is 0.856. The molecular formula is C15H22Cl2N2O2. The molecule has 0 fully saturated rings. The van der Waals surface area contributed by atoms with Crippen molar-refractivity contribution in [1.82, 2.24) is 10.6 Å². The zero-order valence-electron chi connectivity index (χ0n) is 12.8. The van der Waals surface area contributed by atoms with Gasteiger partial charge in [-0.05, 0) is 51.5 Å². The van der Waals surface area contributed by atoms with Gasteiger partial charge in [-0.3, -0.25) is 0 Å². The molecule has 0 aliphatic carbocycles. The van der Waals surface area contributed by atoms with Gasteiger partial charge in [0.15, 0.2) is 0 Å². The smallest absolute Gasteiger partial charge is 0.407 e. The average molecular weight is 333 g/mol. The van der Waals surface area contributed by atoms with E-state index in [2.05, 4.69) is 10.6 Å². The van der Waals surface area contributed by atoms with Gasteiger partial charge in [-0.2, -0.15) is 0 Å². The number of carbonyl (C=O) groups excluding carboxylic acids is 1. The zero-order chi connectivity index (χ0) is 16.0. The molecule has 0 saturated heterocycles. The number of nitrogens with one attached hydrogen (secondary N) is 2. The molecule has 1 aromatic carbocycles. The van der Waals surface area contributed by atoms with Gasteiger partial charge < -0.3 is 15.4 Å². The van der Waals surface area contributed by atoms with Crippen LogP contribution in [0.25, 0.3) is 0 Å². The topological polar surface area (TPSA) is 50.4 Å². The normalized spacial score (nSPS) is 12.9. The molecule has 0 aliphatic rings. The minimum atomic E-state index is -0.494. The molecule has 0 saturated carbocycles. The van der Waals surface area contributed by atoms with E-state index in [0.717, 1.165) is 5.56 Å². The lowest BCUT2D eigenvalue weighted by molar-refractivity contribution is 0.0508. The van der Waals surface area contributed by atoms with E-state index in [0.29, 0.717) is 23.1 Å². The van der Waals surface area contributed by atoms with Crippen molar-refractivity contribution in [2.24, 2.45) is 0 Å². The molecule has 0 aliphatic heterocycles. The number of ether oxygens (including phenoxy) is 1. The third kappa shape index (κ3) is 7.55. The van der Waals surface area contributed by atoms with Gasteiger partial charge >= 0.3 is 6.09 Å². The Morgan fingerprint density at radius 1 is 1.33 bits per heavy atom. The Balaban J connectivity index is 2.35. The number of carbonyl (C=O) groups is 1. The van der Waals surface area contributed by atoms with Crippen LogP contribution in [0.1, 0.15) is 33.3 Å². The first-order chi connectivity index (χ1) is 9.67. The van der Waals surface area contributed by atoms with Gasteiger partial charge in [0.25, 0.3) is 0 Å². The second-order valence-corrected chi connectivity index (χ2v) is 6.76. The van der Waals surface area contributed by atoms with Gasteiger partial charge in [0.05, 0.1) is 0 Å². The molecule has 1 rings (SSSR count). The summed E-state index contributed by atoms with van der Waals surface area (Å²) in [6.45, 7) is 8.57. The summed E-state index contributed by atoms with van der Waals surface area (Å²) < 4.78 is 5.19. The Bertz CT molecular complexity index is 487. The van der Waals surface area contributed by atoms with E-state index >= 15 is 0 Å². The van der Waals surface area contributed by atoms with Crippen molar-refractivity contribution >= 4 is 29.3 Å². The lowest BCUT2D eigenvalue weighted by Gasteiger charge is -2.22. The van der Waals surface area contributed by atoms with Gasteiger partial charge in [-0.1, -0.05) is 23.2 Å². The fourth-order valence-electron chi connectivity index (χ4n) is 1.66. The van der Waals surface area contributed by atoms with Crippen molar-refractivity contribution in [2.75, 3.05) is 6.54 Å². The van der Waals surface area contributed by atoms with Crippen molar-refractivity contribution in [3.63, 3.8) is 0 Å². The lowest BCUT2D eigenvalue weighted by Crippen LogP contribution is -2.42. The average Bonchev–Trinajstić information content (AvgIpc) is 2.31. The van der Waals surface area contributed by atoms with E-state index in [4.69, 9.17) is 27.9 Å². The summed E-state index contributed by atoms with van der Waals surface area (Å²) in [5.41, 5.74) is 0.430. The molecule has 6 heteroatoms. The maximum atomic E-state index is 11.6. The van der Waals surface area contributed by atoms with Crippen molar-refractivity contribution in [3.05, 3.63) is 33.8 Å². The minimum absolute atomic E-state index is 0.0576. The predicted octanol–water partition coefficient (Wildman–Crippen LogP) is 4.00. The van der Waals surface area contributed by atoms with Gasteiger partial charge in [-0.15, -0.1) is 0 Å². The second kappa shape index (κ2) is 7.87. The number of halogens is 2. The van der Waals surface area contributed by atoms with Crippen LogP contribution in [0.3, 0.4) is 0 Å². The van der Waals surface area contributed by atoms with E-state index in [1.165, 1.54) is 0 Å². The molecule has 1 aromatic rings. The lowest BCUT2D eigenvalue weighted by atomic mass is 10.2. The summed E-state index contributed by atoms with van der Waals surface area (Å²) in [6, 6.07) is 5.28. The van der Waals surface area contributed by atoms with Crippen LogP contribution < -0.4 is 10.6 Å². The van der Waals surface area contributed by atoms with Crippen molar-refractivity contribution in [1.29, 1.82) is 0 Å². The highest BCUT2D eigenvalue weighted by atomic mass is 35.5. The first kappa shape index (κ1) is 18.1. The molecular weight excluding hydrogens is 311 g/mol. The van der Waals surface area contributed by atoms with E-state index in [1.54, 1.807) is 12.1 Å². The van der Waals surface area contributed by atoms with Gasteiger partial charge in [0, 0.05) is 29.2 Å². The van der Waals surface area contributed by atoms with Crippen molar-refractivity contribution in [3.8, 4) is 0 Å². The molecule has 1 atom stereocenters. The van der Waals surface area contributed by atoms with E-state index in [-0.39, 0.29) is 6.04 Å². The molecule has 0 bridgehead atoms. The number of hydrogen-bond donors (Lipinski definition) is 2. The molecule has 0 spiro atoms. The Morgan fingerprint density at radius 3 is 2.62 bits per heavy atom. The van der Waals surface area contributed by atoms with Crippen molar-refractivity contribution in [2.45, 2.75) is 45.9 Å². The first-order valence-electron chi connectivity index (χ1n) is 6.81. The SMILES string of the molecule is CC(CNCc1cc(Cl)ccc1Cl)NC(=O)OC(C)(C)C. The highest BCUT2D eigenvalue weighted by Gasteiger charge is 2.17. The minimum Gasteiger partial charge on any atom is -0.444 e. The fraction of sp³-hybridized carbons (Fsp3) is 0.533. The van der Waals surface area contributed by atoms with E-state index < -0.39 is 11.7 Å². The monoisotopic (exact) mass is 332 g/mol. The van der Waals surface area contributed by atoms with Gasteiger partial charge in [-0.25, -0.2) is 4.79 Å². The van der Waals surface area contributed by atoms with Crippen LogP contribution >= 0.6 is 23.2 Å². The van der Waals surface area contributed by atoms with Crippen LogP contribution in [-0.4, -0.2) is 24.3 Å². The summed E-state index contributed by atoms with van der Waals surface area (Å²) in [6.07, 6.45) is -0.419. The Labute approximate surface area is 136 Å². The Hall–Kier alpha value is -0.970. The van der Waals surface area contributed by atoms with E-state index in [1.807, 2.05) is 33.8 Å². The standard InChI is InChI=1S/C15H22Cl2N2O2/c1-10(19-14(20)21-15(2,3)4)8-18-9-11-7-12(16)5-6-13(11)17/h5-7,10,18H,8-9H2,1-4H3,(H,19,20). The van der Waals surface area contributed by atoms with E-state index in [9.17, 15) is 4.79 Å². The van der Waals surface area contributed by atoms with Gasteiger partial charge in [0.2, 0.25) is 0 Å². The van der Waals surface area contributed by atoms with Crippen LogP contribution in [0.15, 0.2) is 18.2 Å². The molecule has 1 unspecified atom stereocenters. The summed E-state index contributed by atoms with van der Waals surface area (Å²) in [5, 5.41) is 7.31. The van der Waals surface area contributed by atoms with Crippen molar-refractivity contribution < 1.29 is 9.53 Å². The van der Waals surface area contributed by atoms with Gasteiger partial charge in [0.1, 0.15) is 5.60 Å². The summed E-state index contributed by atoms with van der Waals surface area (Å²) in [4.78, 5) is 11.6. The van der Waals surface area contributed by atoms with Crippen LogP contribution in [0.2, 0.25) is 10.0 Å². The Kier molecular flexibility index (Phi) is 6.78. The molecule has 118 valence electrons. The summed E-state index contributed by atoms with van der Waals surface area (Å²) in [7, 11) is 0. The van der Waals surface area contributed by atoms with Crippen LogP contribution in [0.5, 0.6) is 0 Å². The van der Waals surface area contributed by atoms with Crippen LogP contribution in [0.4, 0.5) is 4.79 Å². The first-order valence-corrected chi connectivity index (χ1v) is 7.57. The molecule has 0 radical (unpaired) electrons. The number of benzene rings is 1. The Morgan fingerprint density at radius 2 is 2.00 bits per heavy atom. The second-order valence-electron chi connectivity index (χ2n) is 5.91. The molecule has 1 amide bonds. The van der Waals surface area contributed by atoms with Crippen LogP contribution in [0, 0.1) is 0 Å². The molecule has 0 heterocycles. The zero-order valence-corrected chi connectivity index (χ0v) is 14.3.